The monoisotopic (exact) mass is 522 g/mol. The van der Waals surface area contributed by atoms with Crippen molar-refractivity contribution in [2.45, 2.75) is 38.8 Å². The molecule has 0 bridgehead atoms. The molecule has 2 aromatic carbocycles. The third-order valence-corrected chi connectivity index (χ3v) is 7.47. The third kappa shape index (κ3) is 4.31. The van der Waals surface area contributed by atoms with Gasteiger partial charge in [-0.25, -0.2) is 14.6 Å². The zero-order chi connectivity index (χ0) is 26.4. The molecule has 6 rings (SSSR count). The van der Waals surface area contributed by atoms with Crippen LogP contribution in [0.4, 0.5) is 14.7 Å². The molecule has 198 valence electrons. The number of ether oxygens (including phenoxy) is 1. The van der Waals surface area contributed by atoms with Crippen LogP contribution in [0.5, 0.6) is 5.75 Å². The van der Waals surface area contributed by atoms with Crippen molar-refractivity contribution in [3.05, 3.63) is 70.8 Å². The van der Waals surface area contributed by atoms with Gasteiger partial charge in [0, 0.05) is 56.2 Å². The Hall–Kier alpha value is -3.83. The van der Waals surface area contributed by atoms with Crippen LogP contribution in [0.2, 0.25) is 0 Å². The number of aliphatic hydroxyl groups is 1. The van der Waals surface area contributed by atoms with Gasteiger partial charge in [-0.2, -0.15) is 8.78 Å². The van der Waals surface area contributed by atoms with Crippen LogP contribution in [-0.2, 0) is 6.54 Å². The van der Waals surface area contributed by atoms with Gasteiger partial charge in [0.2, 0.25) is 5.95 Å². The summed E-state index contributed by atoms with van der Waals surface area (Å²) in [5.41, 5.74) is 2.89. The number of aromatic nitrogens is 4. The van der Waals surface area contributed by atoms with E-state index in [0.717, 1.165) is 42.8 Å². The molecule has 1 unspecified atom stereocenters. The van der Waals surface area contributed by atoms with Crippen molar-refractivity contribution in [2.75, 3.05) is 31.1 Å². The van der Waals surface area contributed by atoms with E-state index < -0.39 is 12.8 Å². The van der Waals surface area contributed by atoms with Crippen LogP contribution in [0.15, 0.2) is 59.7 Å². The lowest BCUT2D eigenvalue weighted by atomic mass is 10.0. The van der Waals surface area contributed by atoms with E-state index >= 15 is 0 Å². The van der Waals surface area contributed by atoms with Gasteiger partial charge in [0.15, 0.2) is 0 Å². The average Bonchev–Trinajstić information content (AvgIpc) is 3.48. The first-order valence-corrected chi connectivity index (χ1v) is 12.7. The minimum absolute atomic E-state index is 0.107. The number of hydrogen-bond acceptors (Lipinski definition) is 7. The zero-order valence-electron chi connectivity index (χ0n) is 20.9. The first-order valence-electron chi connectivity index (χ1n) is 12.7. The minimum Gasteiger partial charge on any atom is -0.434 e. The van der Waals surface area contributed by atoms with Crippen LogP contribution in [-0.4, -0.2) is 68.4 Å². The summed E-state index contributed by atoms with van der Waals surface area (Å²) in [6.45, 7) is 2.25. The second-order valence-corrected chi connectivity index (χ2v) is 9.65. The Labute approximate surface area is 217 Å². The quantitative estimate of drug-likeness (QED) is 0.416. The van der Waals surface area contributed by atoms with E-state index in [4.69, 9.17) is 4.74 Å². The normalized spacial score (nSPS) is 18.8. The lowest BCUT2D eigenvalue weighted by Gasteiger charge is -2.36. The summed E-state index contributed by atoms with van der Waals surface area (Å²) < 4.78 is 34.5. The second-order valence-electron chi connectivity index (χ2n) is 9.65. The molecule has 1 fully saturated rings. The van der Waals surface area contributed by atoms with Crippen molar-refractivity contribution in [1.82, 2.24) is 24.2 Å². The van der Waals surface area contributed by atoms with E-state index in [9.17, 15) is 18.7 Å². The van der Waals surface area contributed by atoms with E-state index in [0.29, 0.717) is 29.9 Å². The van der Waals surface area contributed by atoms with E-state index in [-0.39, 0.29) is 17.4 Å². The number of alkyl halides is 2. The fourth-order valence-electron chi connectivity index (χ4n) is 5.54. The third-order valence-electron chi connectivity index (χ3n) is 7.47. The Morgan fingerprint density at radius 2 is 1.74 bits per heavy atom. The maximum Gasteiger partial charge on any atom is 0.387 e. The van der Waals surface area contributed by atoms with Gasteiger partial charge in [0.25, 0.3) is 5.56 Å². The lowest BCUT2D eigenvalue weighted by Crippen LogP contribution is -2.50. The molecule has 0 radical (unpaired) electrons. The van der Waals surface area contributed by atoms with Crippen molar-refractivity contribution >= 4 is 16.9 Å². The predicted octanol–water partition coefficient (Wildman–Crippen LogP) is 3.31. The minimum atomic E-state index is -2.93. The molecule has 2 atom stereocenters. The van der Waals surface area contributed by atoms with E-state index in [1.54, 1.807) is 48.3 Å². The maximum absolute atomic E-state index is 13.1. The Kier molecular flexibility index (Phi) is 6.32. The molecule has 1 saturated heterocycles. The highest BCUT2D eigenvalue weighted by Gasteiger charge is 2.30. The second kappa shape index (κ2) is 9.80. The van der Waals surface area contributed by atoms with Gasteiger partial charge in [0.05, 0.1) is 16.9 Å². The van der Waals surface area contributed by atoms with Crippen LogP contribution in [0.1, 0.15) is 24.9 Å². The number of nitrogens with zero attached hydrogens (tertiary/aromatic N) is 6. The number of hydrogen-bond donors (Lipinski definition) is 1. The summed E-state index contributed by atoms with van der Waals surface area (Å²) in [4.78, 5) is 26.4. The number of benzene rings is 2. The number of fused-ring (bicyclic) bond motifs is 3. The summed E-state index contributed by atoms with van der Waals surface area (Å²) in [7, 11) is 0. The molecule has 0 amide bonds. The molecule has 11 heteroatoms. The Bertz CT molecular complexity index is 1510. The van der Waals surface area contributed by atoms with Crippen molar-refractivity contribution in [2.24, 2.45) is 0 Å². The number of anilines is 1. The smallest absolute Gasteiger partial charge is 0.387 e. The molecule has 2 aliphatic rings. The van der Waals surface area contributed by atoms with Gasteiger partial charge in [0.1, 0.15) is 12.0 Å². The topological polar surface area (TPSA) is 88.7 Å². The van der Waals surface area contributed by atoms with Gasteiger partial charge < -0.3 is 14.7 Å². The summed E-state index contributed by atoms with van der Waals surface area (Å²) >= 11 is 0. The Morgan fingerprint density at radius 1 is 1.00 bits per heavy atom. The Morgan fingerprint density at radius 3 is 2.45 bits per heavy atom. The van der Waals surface area contributed by atoms with E-state index in [2.05, 4.69) is 14.9 Å². The summed E-state index contributed by atoms with van der Waals surface area (Å²) in [6.07, 6.45) is 3.67. The highest BCUT2D eigenvalue weighted by atomic mass is 19.3. The van der Waals surface area contributed by atoms with E-state index in [1.807, 2.05) is 21.7 Å². The standard InChI is InChI=1S/C27H28F2N6O3/c1-17(36)32-10-12-33(13-11-32)27-30-15-19(16-31-27)18-6-7-21-23(14-18)35-22(8-9-34(35)25(21)37)20-4-2-3-5-24(20)38-26(28)29/h2-7,14-17,22,26,36H,8-13H2,1H3/t17?,22-/m1/s1. The number of para-hydroxylation sites is 1. The summed E-state index contributed by atoms with van der Waals surface area (Å²) in [6, 6.07) is 12.0. The van der Waals surface area contributed by atoms with Crippen molar-refractivity contribution < 1.29 is 18.6 Å². The van der Waals surface area contributed by atoms with Crippen molar-refractivity contribution in [3.8, 4) is 16.9 Å². The van der Waals surface area contributed by atoms with Crippen LogP contribution >= 0.6 is 0 Å². The van der Waals surface area contributed by atoms with Crippen LogP contribution in [0, 0.1) is 0 Å². The van der Waals surface area contributed by atoms with Gasteiger partial charge in [-0.15, -0.1) is 0 Å². The fraction of sp³-hybridized carbons (Fsp3) is 0.370. The number of piperazine rings is 1. The molecule has 4 aromatic rings. The molecule has 2 aromatic heterocycles. The maximum atomic E-state index is 13.1. The van der Waals surface area contributed by atoms with Crippen LogP contribution in [0.25, 0.3) is 22.0 Å². The molecule has 9 nitrogen and oxygen atoms in total. The van der Waals surface area contributed by atoms with Crippen LogP contribution < -0.4 is 15.2 Å². The summed E-state index contributed by atoms with van der Waals surface area (Å²) in [5.74, 6) is 0.751. The molecule has 1 N–H and O–H groups in total. The molecule has 0 saturated carbocycles. The van der Waals surface area contributed by atoms with Gasteiger partial charge >= 0.3 is 6.61 Å². The molecule has 2 aliphatic heterocycles. The SMILES string of the molecule is CC(O)N1CCN(c2ncc(-c3ccc4c(=O)n5n(c4c3)[C@@H](c3ccccc3OC(F)F)CC5)cn2)CC1. The number of halogens is 2. The largest absolute Gasteiger partial charge is 0.434 e. The lowest BCUT2D eigenvalue weighted by molar-refractivity contribution is -0.0507. The predicted molar refractivity (Wildman–Crippen MR) is 139 cm³/mol. The first-order chi connectivity index (χ1) is 18.4. The molecule has 0 aliphatic carbocycles. The van der Waals surface area contributed by atoms with Crippen molar-refractivity contribution in [3.63, 3.8) is 0 Å². The molecule has 0 spiro atoms. The highest BCUT2D eigenvalue weighted by Crippen LogP contribution is 2.37. The number of aliphatic hydroxyl groups excluding tert-OH is 1. The first kappa shape index (κ1) is 24.5. The number of rotatable bonds is 6. The molecule has 4 heterocycles. The molecular weight excluding hydrogens is 494 g/mol. The average molecular weight is 523 g/mol. The highest BCUT2D eigenvalue weighted by molar-refractivity contribution is 5.84. The molecule has 38 heavy (non-hydrogen) atoms. The van der Waals surface area contributed by atoms with Gasteiger partial charge in [-0.05, 0) is 37.1 Å². The van der Waals surface area contributed by atoms with Gasteiger partial charge in [-0.1, -0.05) is 24.3 Å². The zero-order valence-corrected chi connectivity index (χ0v) is 20.9. The fourth-order valence-corrected chi connectivity index (χ4v) is 5.54. The molecular formula is C27H28F2N6O3. The van der Waals surface area contributed by atoms with Crippen molar-refractivity contribution in [1.29, 1.82) is 0 Å². The van der Waals surface area contributed by atoms with Crippen LogP contribution in [0.3, 0.4) is 0 Å². The van der Waals surface area contributed by atoms with Gasteiger partial charge in [-0.3, -0.25) is 14.4 Å². The van der Waals surface area contributed by atoms with E-state index in [1.165, 1.54) is 6.07 Å². The Balaban J connectivity index is 1.32. The summed E-state index contributed by atoms with van der Waals surface area (Å²) in [5, 5.41) is 10.3.